The lowest BCUT2D eigenvalue weighted by Crippen LogP contribution is -2.22. The molecule has 8 heteroatoms. The Labute approximate surface area is 178 Å². The summed E-state index contributed by atoms with van der Waals surface area (Å²) >= 11 is 6.10. The molecule has 2 N–H and O–H groups in total. The van der Waals surface area contributed by atoms with Gasteiger partial charge in [-0.25, -0.2) is 9.67 Å². The van der Waals surface area contributed by atoms with Crippen molar-refractivity contribution in [1.82, 2.24) is 14.8 Å². The molecule has 0 atom stereocenters. The average molecular weight is 420 g/mol. The first-order chi connectivity index (χ1) is 14.7. The number of hydrogen-bond acceptors (Lipinski definition) is 5. The Hall–Kier alpha value is -3.84. The molecule has 4 aromatic rings. The number of aromatic nitrogens is 3. The Bertz CT molecular complexity index is 1130. The zero-order chi connectivity index (χ0) is 20.8. The van der Waals surface area contributed by atoms with Gasteiger partial charge in [-0.05, 0) is 42.5 Å². The topological polar surface area (TPSA) is 81.1 Å². The maximum atomic E-state index is 12.6. The number of benzene rings is 3. The molecule has 0 radical (unpaired) electrons. The van der Waals surface area contributed by atoms with Crippen LogP contribution in [0.25, 0.3) is 5.69 Å². The van der Waals surface area contributed by atoms with E-state index in [-0.39, 0.29) is 12.5 Å². The minimum absolute atomic E-state index is 0.0402. The van der Waals surface area contributed by atoms with Gasteiger partial charge in [0.1, 0.15) is 18.4 Å². The molecule has 0 saturated heterocycles. The molecule has 0 aliphatic rings. The Kier molecular flexibility index (Phi) is 5.91. The van der Waals surface area contributed by atoms with E-state index in [1.807, 2.05) is 54.6 Å². The second-order valence-electron chi connectivity index (χ2n) is 6.31. The number of hydrogen-bond donors (Lipinski definition) is 2. The highest BCUT2D eigenvalue weighted by atomic mass is 35.5. The molecule has 3 aromatic carbocycles. The van der Waals surface area contributed by atoms with Gasteiger partial charge in [0.05, 0.1) is 23.6 Å². The van der Waals surface area contributed by atoms with Gasteiger partial charge in [0.2, 0.25) is 5.91 Å². The molecule has 1 heterocycles. The molecule has 1 aromatic heterocycles. The normalized spacial score (nSPS) is 10.4. The second-order valence-corrected chi connectivity index (χ2v) is 6.75. The molecule has 0 aliphatic carbocycles. The van der Waals surface area contributed by atoms with Crippen LogP contribution in [0.5, 0.6) is 11.5 Å². The summed E-state index contributed by atoms with van der Waals surface area (Å²) in [6, 6.07) is 22.1. The predicted molar refractivity (Wildman–Crippen MR) is 116 cm³/mol. The van der Waals surface area contributed by atoms with Crippen molar-refractivity contribution in [2.24, 2.45) is 0 Å². The van der Waals surface area contributed by atoms with E-state index in [0.717, 1.165) is 0 Å². The average Bonchev–Trinajstić information content (AvgIpc) is 3.29. The molecule has 0 spiro atoms. The van der Waals surface area contributed by atoms with Crippen LogP contribution < -0.4 is 15.4 Å². The van der Waals surface area contributed by atoms with Crippen LogP contribution in [0.1, 0.15) is 0 Å². The van der Waals surface area contributed by atoms with Gasteiger partial charge >= 0.3 is 0 Å². The minimum Gasteiger partial charge on any atom is -0.455 e. The maximum Gasteiger partial charge on any atom is 0.243 e. The van der Waals surface area contributed by atoms with Crippen molar-refractivity contribution in [2.75, 3.05) is 17.2 Å². The van der Waals surface area contributed by atoms with Crippen molar-refractivity contribution < 1.29 is 9.53 Å². The third-order valence-electron chi connectivity index (χ3n) is 4.20. The van der Waals surface area contributed by atoms with Crippen LogP contribution in [-0.2, 0) is 4.79 Å². The van der Waals surface area contributed by atoms with Gasteiger partial charge in [0.25, 0.3) is 0 Å². The summed E-state index contributed by atoms with van der Waals surface area (Å²) in [5.74, 6) is 1.10. The molecule has 1 amide bonds. The summed E-state index contributed by atoms with van der Waals surface area (Å²) in [4.78, 5) is 16.5. The maximum absolute atomic E-state index is 12.6. The van der Waals surface area contributed by atoms with E-state index in [1.54, 1.807) is 29.2 Å². The molecule has 30 heavy (non-hydrogen) atoms. The lowest BCUT2D eigenvalue weighted by Gasteiger charge is -2.14. The first-order valence-corrected chi connectivity index (χ1v) is 9.57. The van der Waals surface area contributed by atoms with Gasteiger partial charge in [0, 0.05) is 5.02 Å². The lowest BCUT2D eigenvalue weighted by molar-refractivity contribution is -0.114. The molecular formula is C22H18ClN5O2. The second kappa shape index (κ2) is 9.11. The number of carbonyl (C=O) groups excluding carboxylic acids is 1. The molecule has 0 bridgehead atoms. The van der Waals surface area contributed by atoms with Crippen molar-refractivity contribution in [3.05, 3.63) is 90.5 Å². The van der Waals surface area contributed by atoms with Crippen molar-refractivity contribution >= 4 is 28.9 Å². The van der Waals surface area contributed by atoms with E-state index < -0.39 is 0 Å². The van der Waals surface area contributed by atoms with Gasteiger partial charge in [-0.1, -0.05) is 41.9 Å². The van der Waals surface area contributed by atoms with Crippen LogP contribution in [0.4, 0.5) is 11.4 Å². The van der Waals surface area contributed by atoms with Gasteiger partial charge in [-0.3, -0.25) is 4.79 Å². The monoisotopic (exact) mass is 419 g/mol. The first kappa shape index (κ1) is 19.5. The smallest absolute Gasteiger partial charge is 0.243 e. The Morgan fingerprint density at radius 3 is 2.60 bits per heavy atom. The number of para-hydroxylation sites is 3. The minimum atomic E-state index is -0.242. The van der Waals surface area contributed by atoms with Crippen LogP contribution in [0.2, 0.25) is 5.02 Å². The van der Waals surface area contributed by atoms with E-state index in [1.165, 1.54) is 6.33 Å². The van der Waals surface area contributed by atoms with Gasteiger partial charge in [-0.2, -0.15) is 5.10 Å². The SMILES string of the molecule is O=C(CNc1ccccc1Oc1ccccc1)Nc1cc(Cl)ccc1-n1cncn1. The quantitative estimate of drug-likeness (QED) is 0.451. The number of rotatable bonds is 7. The standard InChI is InChI=1S/C22H18ClN5O2/c23-16-10-11-20(28-15-24-14-26-28)19(12-16)27-22(29)13-25-18-8-4-5-9-21(18)30-17-6-2-1-3-7-17/h1-12,14-15,25H,13H2,(H,27,29). The van der Waals surface area contributed by atoms with E-state index in [4.69, 9.17) is 16.3 Å². The molecule has 0 aliphatic heterocycles. The summed E-state index contributed by atoms with van der Waals surface area (Å²) in [7, 11) is 0. The molecule has 4 rings (SSSR count). The van der Waals surface area contributed by atoms with E-state index in [0.29, 0.717) is 33.6 Å². The van der Waals surface area contributed by atoms with Crippen LogP contribution in [0.15, 0.2) is 85.5 Å². The number of halogens is 1. The Morgan fingerprint density at radius 1 is 1.00 bits per heavy atom. The molecule has 0 fully saturated rings. The Morgan fingerprint density at radius 2 is 1.80 bits per heavy atom. The number of anilines is 2. The number of ether oxygens (including phenoxy) is 1. The van der Waals surface area contributed by atoms with Crippen molar-refractivity contribution in [2.45, 2.75) is 0 Å². The highest BCUT2D eigenvalue weighted by Gasteiger charge is 2.11. The molecule has 7 nitrogen and oxygen atoms in total. The molecule has 0 saturated carbocycles. The van der Waals surface area contributed by atoms with Crippen LogP contribution in [0.3, 0.4) is 0 Å². The van der Waals surface area contributed by atoms with E-state index in [2.05, 4.69) is 20.7 Å². The first-order valence-electron chi connectivity index (χ1n) is 9.19. The van der Waals surface area contributed by atoms with Gasteiger partial charge in [0.15, 0.2) is 5.75 Å². The summed E-state index contributed by atoms with van der Waals surface area (Å²) < 4.78 is 7.47. The number of nitrogens with one attached hydrogen (secondary N) is 2. The highest BCUT2D eigenvalue weighted by Crippen LogP contribution is 2.29. The lowest BCUT2D eigenvalue weighted by atomic mass is 10.2. The molecule has 150 valence electrons. The fourth-order valence-electron chi connectivity index (χ4n) is 2.83. The fourth-order valence-corrected chi connectivity index (χ4v) is 3.00. The largest absolute Gasteiger partial charge is 0.455 e. The zero-order valence-corrected chi connectivity index (χ0v) is 16.6. The zero-order valence-electron chi connectivity index (χ0n) is 15.8. The van der Waals surface area contributed by atoms with Crippen molar-refractivity contribution in [3.8, 4) is 17.2 Å². The van der Waals surface area contributed by atoms with Crippen molar-refractivity contribution in [3.63, 3.8) is 0 Å². The summed E-state index contributed by atoms with van der Waals surface area (Å²) in [5, 5.41) is 10.6. The Balaban J connectivity index is 1.45. The fraction of sp³-hybridized carbons (Fsp3) is 0.0455. The van der Waals surface area contributed by atoms with Gasteiger partial charge in [-0.15, -0.1) is 0 Å². The van der Waals surface area contributed by atoms with Crippen LogP contribution >= 0.6 is 11.6 Å². The summed E-state index contributed by atoms with van der Waals surface area (Å²) in [6.45, 7) is 0.0402. The van der Waals surface area contributed by atoms with E-state index in [9.17, 15) is 4.79 Å². The summed E-state index contributed by atoms with van der Waals surface area (Å²) in [6.07, 6.45) is 2.97. The predicted octanol–water partition coefficient (Wildman–Crippen LogP) is 4.76. The van der Waals surface area contributed by atoms with Crippen LogP contribution in [0, 0.1) is 0 Å². The number of amides is 1. The molecular weight excluding hydrogens is 402 g/mol. The molecule has 0 unspecified atom stereocenters. The summed E-state index contributed by atoms with van der Waals surface area (Å²) in [5.41, 5.74) is 1.91. The number of carbonyl (C=O) groups is 1. The van der Waals surface area contributed by atoms with E-state index >= 15 is 0 Å². The number of nitrogens with zero attached hydrogens (tertiary/aromatic N) is 3. The van der Waals surface area contributed by atoms with Crippen LogP contribution in [-0.4, -0.2) is 27.2 Å². The third-order valence-corrected chi connectivity index (χ3v) is 4.43. The third kappa shape index (κ3) is 4.76. The van der Waals surface area contributed by atoms with Crippen molar-refractivity contribution in [1.29, 1.82) is 0 Å². The highest BCUT2D eigenvalue weighted by molar-refractivity contribution is 6.31. The van der Waals surface area contributed by atoms with Gasteiger partial charge < -0.3 is 15.4 Å².